The van der Waals surface area contributed by atoms with E-state index < -0.39 is 0 Å². The van der Waals surface area contributed by atoms with Crippen LogP contribution in [0.2, 0.25) is 0 Å². The van der Waals surface area contributed by atoms with E-state index in [2.05, 4.69) is 41.8 Å². The molecule has 2 N–H and O–H groups in total. The van der Waals surface area contributed by atoms with E-state index in [1.165, 1.54) is 5.01 Å². The van der Waals surface area contributed by atoms with Crippen molar-refractivity contribution in [2.24, 2.45) is 0 Å². The first-order valence-corrected chi connectivity index (χ1v) is 6.78. The van der Waals surface area contributed by atoms with E-state index in [0.717, 1.165) is 31.7 Å². The van der Waals surface area contributed by atoms with Gasteiger partial charge in [-0.3, -0.25) is 0 Å². The maximum atomic E-state index is 4.44. The normalized spacial score (nSPS) is 12.0. The Hall–Kier alpha value is -0.450. The Morgan fingerprint density at radius 1 is 1.44 bits per heavy atom. The SMILES string of the molecule is CCNC(C)(C)CNCCc1nc(C)cs1. The van der Waals surface area contributed by atoms with Crippen molar-refractivity contribution in [3.05, 3.63) is 16.1 Å². The minimum absolute atomic E-state index is 0.174. The van der Waals surface area contributed by atoms with Crippen LogP contribution in [0.3, 0.4) is 0 Å². The highest BCUT2D eigenvalue weighted by atomic mass is 32.1. The second kappa shape index (κ2) is 6.33. The first kappa shape index (κ1) is 13.6. The Kier molecular flexibility index (Phi) is 5.38. The number of likely N-dealkylation sites (N-methyl/N-ethyl adjacent to an activating group) is 1. The van der Waals surface area contributed by atoms with Crippen LogP contribution in [0, 0.1) is 6.92 Å². The van der Waals surface area contributed by atoms with E-state index in [0.29, 0.717) is 0 Å². The Balaban J connectivity index is 2.16. The maximum Gasteiger partial charge on any atom is 0.0940 e. The van der Waals surface area contributed by atoms with Crippen LogP contribution in [-0.4, -0.2) is 30.2 Å². The molecule has 0 unspecified atom stereocenters. The molecule has 16 heavy (non-hydrogen) atoms. The van der Waals surface area contributed by atoms with Gasteiger partial charge in [0, 0.05) is 36.1 Å². The van der Waals surface area contributed by atoms with Crippen molar-refractivity contribution in [1.82, 2.24) is 15.6 Å². The third kappa shape index (κ3) is 5.05. The van der Waals surface area contributed by atoms with Crippen molar-refractivity contribution in [3.8, 4) is 0 Å². The summed E-state index contributed by atoms with van der Waals surface area (Å²) in [6, 6.07) is 0. The zero-order valence-corrected chi connectivity index (χ0v) is 11.6. The second-order valence-electron chi connectivity index (χ2n) is 4.72. The summed E-state index contributed by atoms with van der Waals surface area (Å²) < 4.78 is 0. The summed E-state index contributed by atoms with van der Waals surface area (Å²) in [5.74, 6) is 0. The molecule has 0 aliphatic carbocycles. The van der Waals surface area contributed by atoms with Crippen molar-refractivity contribution in [2.75, 3.05) is 19.6 Å². The van der Waals surface area contributed by atoms with Gasteiger partial charge in [0.15, 0.2) is 0 Å². The van der Waals surface area contributed by atoms with Gasteiger partial charge in [-0.25, -0.2) is 4.98 Å². The third-order valence-corrected chi connectivity index (χ3v) is 3.43. The number of hydrogen-bond donors (Lipinski definition) is 2. The molecular formula is C12H23N3S. The average Bonchev–Trinajstić information content (AvgIpc) is 2.59. The van der Waals surface area contributed by atoms with Crippen molar-refractivity contribution in [2.45, 2.75) is 39.7 Å². The zero-order valence-electron chi connectivity index (χ0n) is 10.8. The van der Waals surface area contributed by atoms with Crippen LogP contribution >= 0.6 is 11.3 Å². The van der Waals surface area contributed by atoms with Crippen LogP contribution in [-0.2, 0) is 6.42 Å². The van der Waals surface area contributed by atoms with Gasteiger partial charge in [0.2, 0.25) is 0 Å². The number of nitrogens with zero attached hydrogens (tertiary/aromatic N) is 1. The van der Waals surface area contributed by atoms with Crippen LogP contribution in [0.5, 0.6) is 0 Å². The number of rotatable bonds is 7. The molecule has 0 atom stereocenters. The van der Waals surface area contributed by atoms with Crippen molar-refractivity contribution >= 4 is 11.3 Å². The summed E-state index contributed by atoms with van der Waals surface area (Å²) in [6.07, 6.45) is 1.03. The topological polar surface area (TPSA) is 37.0 Å². The van der Waals surface area contributed by atoms with Gasteiger partial charge in [0.1, 0.15) is 0 Å². The zero-order chi connectivity index (χ0) is 12.0. The summed E-state index contributed by atoms with van der Waals surface area (Å²) in [6.45, 7) is 11.6. The summed E-state index contributed by atoms with van der Waals surface area (Å²) in [5, 5.41) is 10.3. The van der Waals surface area contributed by atoms with Crippen LogP contribution in [0.4, 0.5) is 0 Å². The van der Waals surface area contributed by atoms with Crippen LogP contribution in [0.1, 0.15) is 31.5 Å². The monoisotopic (exact) mass is 241 g/mol. The third-order valence-electron chi connectivity index (χ3n) is 2.40. The van der Waals surface area contributed by atoms with E-state index in [9.17, 15) is 0 Å². The molecular weight excluding hydrogens is 218 g/mol. The van der Waals surface area contributed by atoms with Gasteiger partial charge in [0.25, 0.3) is 0 Å². The fraction of sp³-hybridized carbons (Fsp3) is 0.750. The van der Waals surface area contributed by atoms with E-state index >= 15 is 0 Å². The molecule has 0 bridgehead atoms. The molecule has 0 aliphatic rings. The number of aryl methyl sites for hydroxylation is 1. The molecule has 1 rings (SSSR count). The van der Waals surface area contributed by atoms with E-state index in [-0.39, 0.29) is 5.54 Å². The van der Waals surface area contributed by atoms with Gasteiger partial charge in [-0.2, -0.15) is 0 Å². The molecule has 1 aromatic heterocycles. The molecule has 0 saturated heterocycles. The lowest BCUT2D eigenvalue weighted by atomic mass is 10.1. The fourth-order valence-corrected chi connectivity index (χ4v) is 2.43. The van der Waals surface area contributed by atoms with E-state index in [1.54, 1.807) is 11.3 Å². The molecule has 0 amide bonds. The highest BCUT2D eigenvalue weighted by molar-refractivity contribution is 7.09. The van der Waals surface area contributed by atoms with Crippen LogP contribution in [0.15, 0.2) is 5.38 Å². The van der Waals surface area contributed by atoms with Gasteiger partial charge in [-0.15, -0.1) is 11.3 Å². The summed E-state index contributed by atoms with van der Waals surface area (Å²) in [4.78, 5) is 4.44. The van der Waals surface area contributed by atoms with Gasteiger partial charge in [0.05, 0.1) is 5.01 Å². The lowest BCUT2D eigenvalue weighted by Gasteiger charge is -2.26. The molecule has 3 nitrogen and oxygen atoms in total. The molecule has 0 spiro atoms. The lowest BCUT2D eigenvalue weighted by molar-refractivity contribution is 0.375. The standard InChI is InChI=1S/C12H23N3S/c1-5-14-12(3,4)9-13-7-6-11-15-10(2)8-16-11/h8,13-14H,5-7,9H2,1-4H3. The summed E-state index contributed by atoms with van der Waals surface area (Å²) >= 11 is 1.75. The number of nitrogens with one attached hydrogen (secondary N) is 2. The van der Waals surface area contributed by atoms with Crippen LogP contribution < -0.4 is 10.6 Å². The van der Waals surface area contributed by atoms with Crippen LogP contribution in [0.25, 0.3) is 0 Å². The molecule has 0 aromatic carbocycles. The highest BCUT2D eigenvalue weighted by Gasteiger charge is 2.14. The number of thiazole rings is 1. The van der Waals surface area contributed by atoms with Crippen molar-refractivity contribution in [3.63, 3.8) is 0 Å². The predicted molar refractivity (Wildman–Crippen MR) is 71.2 cm³/mol. The highest BCUT2D eigenvalue weighted by Crippen LogP contribution is 2.08. The Bertz CT molecular complexity index is 307. The quantitative estimate of drug-likeness (QED) is 0.717. The lowest BCUT2D eigenvalue weighted by Crippen LogP contribution is -2.47. The smallest absolute Gasteiger partial charge is 0.0940 e. The predicted octanol–water partition coefficient (Wildman–Crippen LogP) is 1.97. The van der Waals surface area contributed by atoms with Gasteiger partial charge in [-0.05, 0) is 27.3 Å². The first-order valence-electron chi connectivity index (χ1n) is 5.90. The molecule has 0 radical (unpaired) electrons. The fourth-order valence-electron chi connectivity index (χ4n) is 1.65. The minimum atomic E-state index is 0.174. The maximum absolute atomic E-state index is 4.44. The number of aromatic nitrogens is 1. The summed E-state index contributed by atoms with van der Waals surface area (Å²) in [7, 11) is 0. The minimum Gasteiger partial charge on any atom is -0.315 e. The van der Waals surface area contributed by atoms with E-state index in [1.807, 2.05) is 6.92 Å². The molecule has 1 heterocycles. The van der Waals surface area contributed by atoms with Gasteiger partial charge >= 0.3 is 0 Å². The Labute approximate surface area is 103 Å². The average molecular weight is 241 g/mol. The molecule has 0 fully saturated rings. The largest absolute Gasteiger partial charge is 0.315 e. The molecule has 92 valence electrons. The Morgan fingerprint density at radius 3 is 2.75 bits per heavy atom. The van der Waals surface area contributed by atoms with Gasteiger partial charge < -0.3 is 10.6 Å². The number of hydrogen-bond acceptors (Lipinski definition) is 4. The van der Waals surface area contributed by atoms with Crippen molar-refractivity contribution in [1.29, 1.82) is 0 Å². The molecule has 0 aliphatic heterocycles. The second-order valence-corrected chi connectivity index (χ2v) is 5.67. The molecule has 4 heteroatoms. The Morgan fingerprint density at radius 2 is 2.19 bits per heavy atom. The van der Waals surface area contributed by atoms with Crippen molar-refractivity contribution < 1.29 is 0 Å². The summed E-state index contributed by atoms with van der Waals surface area (Å²) in [5.41, 5.74) is 1.31. The first-order chi connectivity index (χ1) is 7.53. The molecule has 0 saturated carbocycles. The van der Waals surface area contributed by atoms with E-state index in [4.69, 9.17) is 0 Å². The van der Waals surface area contributed by atoms with Gasteiger partial charge in [-0.1, -0.05) is 6.92 Å². The molecule has 1 aromatic rings.